The summed E-state index contributed by atoms with van der Waals surface area (Å²) in [7, 11) is 0. The van der Waals surface area contributed by atoms with Crippen LogP contribution in [0.4, 0.5) is 8.78 Å². The van der Waals surface area contributed by atoms with Crippen molar-refractivity contribution >= 4 is 11.3 Å². The van der Waals surface area contributed by atoms with Gasteiger partial charge in [-0.05, 0) is 19.4 Å². The molecule has 15 heavy (non-hydrogen) atoms. The van der Waals surface area contributed by atoms with Crippen molar-refractivity contribution < 1.29 is 8.78 Å². The maximum Gasteiger partial charge on any atom is 0.167 e. The van der Waals surface area contributed by atoms with E-state index >= 15 is 0 Å². The maximum atomic E-state index is 13.6. The predicted octanol–water partition coefficient (Wildman–Crippen LogP) is 3.71. The van der Waals surface area contributed by atoms with E-state index in [0.29, 0.717) is 10.4 Å². The average molecular weight is 225 g/mol. The Morgan fingerprint density at radius 3 is 2.47 bits per heavy atom. The number of rotatable bonds is 1. The molecule has 0 aliphatic heterocycles. The van der Waals surface area contributed by atoms with E-state index < -0.39 is 11.6 Å². The van der Waals surface area contributed by atoms with Crippen molar-refractivity contribution in [2.75, 3.05) is 0 Å². The van der Waals surface area contributed by atoms with Gasteiger partial charge in [-0.3, -0.25) is 0 Å². The van der Waals surface area contributed by atoms with E-state index in [1.54, 1.807) is 25.3 Å². The van der Waals surface area contributed by atoms with Gasteiger partial charge in [-0.15, -0.1) is 11.3 Å². The second-order valence-corrected chi connectivity index (χ2v) is 4.54. The molecule has 0 radical (unpaired) electrons. The molecule has 0 spiro atoms. The summed E-state index contributed by atoms with van der Waals surface area (Å²) in [6.07, 6.45) is 1.56. The molecule has 4 heteroatoms. The van der Waals surface area contributed by atoms with Gasteiger partial charge in [0.25, 0.3) is 0 Å². The molecule has 0 N–H and O–H groups in total. The van der Waals surface area contributed by atoms with Gasteiger partial charge >= 0.3 is 0 Å². The lowest BCUT2D eigenvalue weighted by Gasteiger charge is -2.02. The summed E-state index contributed by atoms with van der Waals surface area (Å²) in [5, 5.41) is 0.838. The molecule has 1 nitrogen and oxygen atoms in total. The molecule has 2 aromatic rings. The molecule has 0 saturated carbocycles. The molecule has 78 valence electrons. The predicted molar refractivity (Wildman–Crippen MR) is 56.9 cm³/mol. The van der Waals surface area contributed by atoms with Crippen LogP contribution in [0.5, 0.6) is 0 Å². The molecule has 1 heterocycles. The third-order valence-corrected chi connectivity index (χ3v) is 3.11. The fourth-order valence-corrected chi connectivity index (χ4v) is 2.12. The van der Waals surface area contributed by atoms with Crippen LogP contribution in [0.3, 0.4) is 0 Å². The van der Waals surface area contributed by atoms with E-state index in [9.17, 15) is 8.78 Å². The molecule has 0 unspecified atom stereocenters. The van der Waals surface area contributed by atoms with Crippen molar-refractivity contribution in [1.29, 1.82) is 0 Å². The quantitative estimate of drug-likeness (QED) is 0.721. The summed E-state index contributed by atoms with van der Waals surface area (Å²) >= 11 is 1.35. The lowest BCUT2D eigenvalue weighted by atomic mass is 10.1. The third kappa shape index (κ3) is 1.77. The number of hydrogen-bond donors (Lipinski definition) is 0. The van der Waals surface area contributed by atoms with Crippen LogP contribution in [0.25, 0.3) is 10.4 Å². The number of benzene rings is 1. The van der Waals surface area contributed by atoms with E-state index in [-0.39, 0.29) is 5.56 Å². The lowest BCUT2D eigenvalue weighted by Crippen LogP contribution is -1.91. The number of halogens is 2. The van der Waals surface area contributed by atoms with E-state index in [2.05, 4.69) is 4.98 Å². The normalized spacial score (nSPS) is 10.7. The van der Waals surface area contributed by atoms with Crippen molar-refractivity contribution in [1.82, 2.24) is 4.98 Å². The highest BCUT2D eigenvalue weighted by atomic mass is 32.1. The zero-order chi connectivity index (χ0) is 11.0. The van der Waals surface area contributed by atoms with Crippen LogP contribution < -0.4 is 0 Å². The maximum absolute atomic E-state index is 13.6. The van der Waals surface area contributed by atoms with E-state index in [4.69, 9.17) is 0 Å². The average Bonchev–Trinajstić information content (AvgIpc) is 2.61. The molecule has 0 amide bonds. The molecule has 2 rings (SSSR count). The molecule has 0 aliphatic rings. The second kappa shape index (κ2) is 3.70. The fraction of sp³-hybridized carbons (Fsp3) is 0.182. The Kier molecular flexibility index (Phi) is 2.52. The zero-order valence-corrected chi connectivity index (χ0v) is 9.16. The number of aryl methyl sites for hydroxylation is 2. The van der Waals surface area contributed by atoms with Gasteiger partial charge in [-0.25, -0.2) is 13.8 Å². The Bertz CT molecular complexity index is 505. The van der Waals surface area contributed by atoms with Crippen molar-refractivity contribution in [2.24, 2.45) is 0 Å². The summed E-state index contributed by atoms with van der Waals surface area (Å²) in [6, 6.07) is 3.16. The lowest BCUT2D eigenvalue weighted by molar-refractivity contribution is 0.506. The van der Waals surface area contributed by atoms with Gasteiger partial charge in [-0.1, -0.05) is 12.1 Å². The summed E-state index contributed by atoms with van der Waals surface area (Å²) in [4.78, 5) is 4.67. The van der Waals surface area contributed by atoms with Gasteiger partial charge in [0.15, 0.2) is 11.6 Å². The smallest absolute Gasteiger partial charge is 0.167 e. The number of nitrogens with zero attached hydrogens (tertiary/aromatic N) is 1. The SMILES string of the molecule is Cc1ncc(-c2ccc(C)c(F)c2F)s1. The summed E-state index contributed by atoms with van der Waals surface area (Å²) in [6.45, 7) is 3.37. The van der Waals surface area contributed by atoms with Crippen LogP contribution in [0.1, 0.15) is 10.6 Å². The molecular weight excluding hydrogens is 216 g/mol. The fourth-order valence-electron chi connectivity index (χ4n) is 1.32. The van der Waals surface area contributed by atoms with Gasteiger partial charge in [0.2, 0.25) is 0 Å². The Morgan fingerprint density at radius 1 is 1.13 bits per heavy atom. The van der Waals surface area contributed by atoms with Gasteiger partial charge in [0.05, 0.1) is 9.88 Å². The number of thiazole rings is 1. The Hall–Kier alpha value is -1.29. The highest BCUT2D eigenvalue weighted by Gasteiger charge is 2.13. The molecule has 1 aromatic heterocycles. The first-order valence-electron chi connectivity index (χ1n) is 4.47. The highest BCUT2D eigenvalue weighted by molar-refractivity contribution is 7.15. The summed E-state index contributed by atoms with van der Waals surface area (Å²) < 4.78 is 26.9. The van der Waals surface area contributed by atoms with Crippen molar-refractivity contribution in [3.63, 3.8) is 0 Å². The standard InChI is InChI=1S/C11H9F2NS/c1-6-3-4-8(11(13)10(6)12)9-5-14-7(2)15-9/h3-5H,1-2H3. The third-order valence-electron chi connectivity index (χ3n) is 2.16. The van der Waals surface area contributed by atoms with Crippen molar-refractivity contribution in [3.8, 4) is 10.4 Å². The van der Waals surface area contributed by atoms with Crippen LogP contribution in [0, 0.1) is 25.5 Å². The van der Waals surface area contributed by atoms with Crippen LogP contribution in [-0.4, -0.2) is 4.98 Å². The zero-order valence-electron chi connectivity index (χ0n) is 8.34. The molecule has 0 saturated heterocycles. The number of aromatic nitrogens is 1. The topological polar surface area (TPSA) is 12.9 Å². The number of hydrogen-bond acceptors (Lipinski definition) is 2. The van der Waals surface area contributed by atoms with Gasteiger partial charge in [-0.2, -0.15) is 0 Å². The molecule has 0 fully saturated rings. The van der Waals surface area contributed by atoms with Gasteiger partial charge < -0.3 is 0 Å². The van der Waals surface area contributed by atoms with Crippen LogP contribution in [0.2, 0.25) is 0 Å². The molecule has 0 atom stereocenters. The van der Waals surface area contributed by atoms with E-state index in [0.717, 1.165) is 5.01 Å². The summed E-state index contributed by atoms with van der Waals surface area (Å²) in [5.41, 5.74) is 0.598. The van der Waals surface area contributed by atoms with E-state index in [1.807, 2.05) is 6.92 Å². The molecule has 1 aromatic carbocycles. The monoisotopic (exact) mass is 225 g/mol. The van der Waals surface area contributed by atoms with Crippen molar-refractivity contribution in [2.45, 2.75) is 13.8 Å². The second-order valence-electron chi connectivity index (χ2n) is 3.30. The minimum atomic E-state index is -0.793. The minimum Gasteiger partial charge on any atom is -0.249 e. The Labute approximate surface area is 90.4 Å². The van der Waals surface area contributed by atoms with Crippen molar-refractivity contribution in [3.05, 3.63) is 40.5 Å². The molecular formula is C11H9F2NS. The van der Waals surface area contributed by atoms with Crippen LogP contribution >= 0.6 is 11.3 Å². The Balaban J connectivity index is 2.59. The minimum absolute atomic E-state index is 0.281. The first-order valence-corrected chi connectivity index (χ1v) is 5.28. The van der Waals surface area contributed by atoms with Crippen LogP contribution in [-0.2, 0) is 0 Å². The van der Waals surface area contributed by atoms with Crippen LogP contribution in [0.15, 0.2) is 18.3 Å². The van der Waals surface area contributed by atoms with E-state index in [1.165, 1.54) is 11.3 Å². The molecule has 0 bridgehead atoms. The van der Waals surface area contributed by atoms with Gasteiger partial charge in [0.1, 0.15) is 0 Å². The Morgan fingerprint density at radius 2 is 1.87 bits per heavy atom. The first-order chi connectivity index (χ1) is 7.09. The highest BCUT2D eigenvalue weighted by Crippen LogP contribution is 2.30. The van der Waals surface area contributed by atoms with Gasteiger partial charge in [0, 0.05) is 11.8 Å². The summed E-state index contributed by atoms with van der Waals surface area (Å²) in [5.74, 6) is -1.57. The largest absolute Gasteiger partial charge is 0.249 e. The first kappa shape index (κ1) is 10.2. The molecule has 0 aliphatic carbocycles.